The van der Waals surface area contributed by atoms with E-state index in [0.717, 1.165) is 11.3 Å². The average Bonchev–Trinajstić information content (AvgIpc) is 3.11. The highest BCUT2D eigenvalue weighted by molar-refractivity contribution is 7.14. The highest BCUT2D eigenvalue weighted by atomic mass is 35.5. The predicted molar refractivity (Wildman–Crippen MR) is 106 cm³/mol. The fourth-order valence-electron chi connectivity index (χ4n) is 2.28. The largest absolute Gasteiger partial charge is 0.462 e. The van der Waals surface area contributed by atoms with Crippen LogP contribution in [0.25, 0.3) is 11.3 Å². The van der Waals surface area contributed by atoms with E-state index in [4.69, 9.17) is 16.3 Å². The molecule has 26 heavy (non-hydrogen) atoms. The van der Waals surface area contributed by atoms with E-state index in [1.165, 1.54) is 11.3 Å². The van der Waals surface area contributed by atoms with Crippen molar-refractivity contribution in [2.45, 2.75) is 6.92 Å². The zero-order valence-electron chi connectivity index (χ0n) is 14.0. The highest BCUT2D eigenvalue weighted by Crippen LogP contribution is 2.30. The second-order valence-electron chi connectivity index (χ2n) is 5.20. The summed E-state index contributed by atoms with van der Waals surface area (Å²) in [7, 11) is 0. The molecule has 0 atom stereocenters. The average molecular weight is 386 g/mol. The molecule has 3 aromatic rings. The number of thiazole rings is 1. The molecule has 132 valence electrons. The van der Waals surface area contributed by atoms with Crippen molar-refractivity contribution >= 4 is 40.3 Å². The number of hydrazone groups is 1. The van der Waals surface area contributed by atoms with Gasteiger partial charge in [0.05, 0.1) is 24.1 Å². The van der Waals surface area contributed by atoms with Crippen molar-refractivity contribution in [1.82, 2.24) is 4.98 Å². The van der Waals surface area contributed by atoms with Crippen LogP contribution in [-0.4, -0.2) is 23.8 Å². The molecule has 5 nitrogen and oxygen atoms in total. The van der Waals surface area contributed by atoms with E-state index < -0.39 is 0 Å². The predicted octanol–water partition coefficient (Wildman–Crippen LogP) is 5.09. The standard InChI is InChI=1S/C19H16ClN3O2S/c1-2-25-18(24)14-8-4-3-7-13(14)11-21-23-19-22-17(12-26-19)15-9-5-6-10-16(15)20/h3-12H,2H2,1H3,(H,22,23)/b21-11+. The third kappa shape index (κ3) is 4.28. The number of benzene rings is 2. The van der Waals surface area contributed by atoms with Crippen LogP contribution in [0.3, 0.4) is 0 Å². The van der Waals surface area contributed by atoms with E-state index in [2.05, 4.69) is 15.5 Å². The number of hydrogen-bond donors (Lipinski definition) is 1. The van der Waals surface area contributed by atoms with E-state index in [9.17, 15) is 4.79 Å². The van der Waals surface area contributed by atoms with Gasteiger partial charge in [0.15, 0.2) is 0 Å². The number of nitrogens with zero attached hydrogens (tertiary/aromatic N) is 2. The molecule has 1 N–H and O–H groups in total. The van der Waals surface area contributed by atoms with Gasteiger partial charge >= 0.3 is 5.97 Å². The van der Waals surface area contributed by atoms with E-state index in [-0.39, 0.29) is 5.97 Å². The third-order valence-electron chi connectivity index (χ3n) is 3.47. The molecular weight excluding hydrogens is 370 g/mol. The summed E-state index contributed by atoms with van der Waals surface area (Å²) in [5, 5.41) is 7.36. The Hall–Kier alpha value is -2.70. The molecule has 0 spiro atoms. The van der Waals surface area contributed by atoms with E-state index in [0.29, 0.717) is 27.9 Å². The number of aromatic nitrogens is 1. The number of halogens is 1. The Morgan fingerprint density at radius 3 is 2.85 bits per heavy atom. The first-order chi connectivity index (χ1) is 12.7. The molecule has 0 aliphatic carbocycles. The first-order valence-corrected chi connectivity index (χ1v) is 9.20. The fourth-order valence-corrected chi connectivity index (χ4v) is 3.17. The van der Waals surface area contributed by atoms with Gasteiger partial charge < -0.3 is 4.74 Å². The first kappa shape index (κ1) is 18.1. The molecule has 0 aliphatic rings. The molecule has 0 radical (unpaired) electrons. The molecule has 1 aromatic heterocycles. The molecule has 1 heterocycles. The maximum absolute atomic E-state index is 12.0. The van der Waals surface area contributed by atoms with Crippen LogP contribution in [-0.2, 0) is 4.74 Å². The van der Waals surface area contributed by atoms with E-state index in [1.54, 1.807) is 31.3 Å². The quantitative estimate of drug-likeness (QED) is 0.365. The van der Waals surface area contributed by atoms with Crippen LogP contribution in [0.15, 0.2) is 59.0 Å². The van der Waals surface area contributed by atoms with Crippen LogP contribution in [0.2, 0.25) is 5.02 Å². The number of carbonyl (C=O) groups is 1. The van der Waals surface area contributed by atoms with E-state index >= 15 is 0 Å². The number of hydrogen-bond acceptors (Lipinski definition) is 6. The van der Waals surface area contributed by atoms with Crippen LogP contribution >= 0.6 is 22.9 Å². The topological polar surface area (TPSA) is 63.6 Å². The van der Waals surface area contributed by atoms with Crippen molar-refractivity contribution in [2.24, 2.45) is 5.10 Å². The maximum atomic E-state index is 12.0. The summed E-state index contributed by atoms with van der Waals surface area (Å²) in [5.74, 6) is -0.371. The molecule has 2 aromatic carbocycles. The summed E-state index contributed by atoms with van der Waals surface area (Å²) in [6.07, 6.45) is 1.57. The molecule has 0 amide bonds. The number of anilines is 1. The van der Waals surface area contributed by atoms with Crippen LogP contribution in [0, 0.1) is 0 Å². The Balaban J connectivity index is 1.73. The van der Waals surface area contributed by atoms with Crippen LogP contribution in [0.4, 0.5) is 5.13 Å². The van der Waals surface area contributed by atoms with Gasteiger partial charge in [-0.25, -0.2) is 9.78 Å². The number of carbonyl (C=O) groups excluding carboxylic acids is 1. The Kier molecular flexibility index (Phi) is 5.99. The molecular formula is C19H16ClN3O2S. The first-order valence-electron chi connectivity index (χ1n) is 7.94. The number of ether oxygens (including phenoxy) is 1. The molecule has 0 saturated carbocycles. The molecule has 7 heteroatoms. The zero-order chi connectivity index (χ0) is 18.4. The van der Waals surface area contributed by atoms with Gasteiger partial charge in [-0.2, -0.15) is 5.10 Å². The van der Waals surface area contributed by atoms with E-state index in [1.807, 2.05) is 35.7 Å². The van der Waals surface area contributed by atoms with Crippen molar-refractivity contribution in [3.8, 4) is 11.3 Å². The van der Waals surface area contributed by atoms with Gasteiger partial charge in [0.25, 0.3) is 0 Å². The molecule has 0 saturated heterocycles. The monoisotopic (exact) mass is 385 g/mol. The molecule has 0 bridgehead atoms. The van der Waals surface area contributed by atoms with Crippen LogP contribution in [0.5, 0.6) is 0 Å². The van der Waals surface area contributed by atoms with Crippen molar-refractivity contribution in [3.63, 3.8) is 0 Å². The molecule has 0 unspecified atom stereocenters. The maximum Gasteiger partial charge on any atom is 0.338 e. The van der Waals surface area contributed by atoms with Gasteiger partial charge in [-0.3, -0.25) is 5.43 Å². The van der Waals surface area contributed by atoms with Gasteiger partial charge in [0, 0.05) is 21.5 Å². The van der Waals surface area contributed by atoms with Crippen LogP contribution < -0.4 is 5.43 Å². The van der Waals surface area contributed by atoms with Crippen molar-refractivity contribution in [1.29, 1.82) is 0 Å². The summed E-state index contributed by atoms with van der Waals surface area (Å²) >= 11 is 7.62. The molecule has 3 rings (SSSR count). The summed E-state index contributed by atoms with van der Waals surface area (Å²) in [6.45, 7) is 2.10. The minimum absolute atomic E-state index is 0.326. The van der Waals surface area contributed by atoms with Gasteiger partial charge in [-0.05, 0) is 19.1 Å². The summed E-state index contributed by atoms with van der Waals surface area (Å²) in [4.78, 5) is 16.4. The SMILES string of the molecule is CCOC(=O)c1ccccc1/C=N/Nc1nc(-c2ccccc2Cl)cs1. The number of esters is 1. The lowest BCUT2D eigenvalue weighted by Gasteiger charge is -2.04. The Morgan fingerprint density at radius 1 is 1.27 bits per heavy atom. The number of rotatable bonds is 6. The summed E-state index contributed by atoms with van der Waals surface area (Å²) in [6, 6.07) is 14.7. The Labute approximate surface area is 160 Å². The van der Waals surface area contributed by atoms with Gasteiger partial charge in [0.1, 0.15) is 0 Å². The fraction of sp³-hybridized carbons (Fsp3) is 0.105. The summed E-state index contributed by atoms with van der Waals surface area (Å²) < 4.78 is 5.05. The lowest BCUT2D eigenvalue weighted by atomic mass is 10.1. The normalized spacial score (nSPS) is 10.8. The van der Waals surface area contributed by atoms with Crippen LogP contribution in [0.1, 0.15) is 22.8 Å². The van der Waals surface area contributed by atoms with Gasteiger partial charge in [-0.1, -0.05) is 48.0 Å². The minimum atomic E-state index is -0.371. The second-order valence-corrected chi connectivity index (χ2v) is 6.46. The lowest BCUT2D eigenvalue weighted by molar-refractivity contribution is 0.0526. The lowest BCUT2D eigenvalue weighted by Crippen LogP contribution is -2.08. The summed E-state index contributed by atoms with van der Waals surface area (Å²) in [5.41, 5.74) is 5.67. The van der Waals surface area contributed by atoms with Crippen molar-refractivity contribution in [2.75, 3.05) is 12.0 Å². The highest BCUT2D eigenvalue weighted by Gasteiger charge is 2.10. The molecule has 0 fully saturated rings. The van der Waals surface area contributed by atoms with Crippen molar-refractivity contribution < 1.29 is 9.53 Å². The third-order valence-corrected chi connectivity index (χ3v) is 4.55. The Bertz CT molecular complexity index is 940. The Morgan fingerprint density at radius 2 is 2.04 bits per heavy atom. The zero-order valence-corrected chi connectivity index (χ0v) is 15.6. The van der Waals surface area contributed by atoms with Crippen molar-refractivity contribution in [3.05, 3.63) is 70.1 Å². The second kappa shape index (κ2) is 8.60. The minimum Gasteiger partial charge on any atom is -0.462 e. The van der Waals surface area contributed by atoms with Gasteiger partial charge in [0.2, 0.25) is 5.13 Å². The number of nitrogens with one attached hydrogen (secondary N) is 1. The molecule has 0 aliphatic heterocycles. The smallest absolute Gasteiger partial charge is 0.338 e. The van der Waals surface area contributed by atoms with Gasteiger partial charge in [-0.15, -0.1) is 11.3 Å².